The Bertz CT molecular complexity index is 1070. The molecule has 0 atom stereocenters. The summed E-state index contributed by atoms with van der Waals surface area (Å²) in [6.07, 6.45) is 6.31. The second-order valence-corrected chi connectivity index (χ2v) is 10.7. The number of halogens is 1. The van der Waals surface area contributed by atoms with Crippen molar-refractivity contribution >= 4 is 33.5 Å². The molecule has 178 valence electrons. The molecule has 2 aromatic rings. The van der Waals surface area contributed by atoms with Gasteiger partial charge in [-0.05, 0) is 36.6 Å². The van der Waals surface area contributed by atoms with E-state index < -0.39 is 22.6 Å². The lowest BCUT2D eigenvalue weighted by molar-refractivity contribution is -0.125. The maximum atomic E-state index is 13.0. The first-order valence-electron chi connectivity index (χ1n) is 11.0. The Morgan fingerprint density at radius 2 is 1.73 bits per heavy atom. The Kier molecular flexibility index (Phi) is 8.88. The zero-order chi connectivity index (χ0) is 23.8. The van der Waals surface area contributed by atoms with Crippen molar-refractivity contribution in [3.05, 3.63) is 64.7 Å². The van der Waals surface area contributed by atoms with Crippen LogP contribution in [-0.2, 0) is 26.1 Å². The van der Waals surface area contributed by atoms with Crippen molar-refractivity contribution in [2.75, 3.05) is 13.7 Å². The molecule has 1 saturated carbocycles. The van der Waals surface area contributed by atoms with Crippen LogP contribution in [0.15, 0.2) is 53.4 Å². The third-order valence-electron chi connectivity index (χ3n) is 5.67. The molecular formula is C24H29ClN2O5S. The number of hydrogen-bond donors (Lipinski definition) is 1. The van der Waals surface area contributed by atoms with Gasteiger partial charge < -0.3 is 10.1 Å². The Labute approximate surface area is 200 Å². The zero-order valence-electron chi connectivity index (χ0n) is 18.6. The largest absolute Gasteiger partial charge is 0.452 e. The SMILES string of the molecule is CN(Cc1ccccc1)S(=O)(=O)c1ccc(Cl)c(C(=O)OCC(=O)NC2CCCCCC2)c1. The van der Waals surface area contributed by atoms with Crippen LogP contribution < -0.4 is 5.32 Å². The number of carbonyl (C=O) groups excluding carboxylic acids is 2. The molecule has 0 aromatic heterocycles. The van der Waals surface area contributed by atoms with E-state index in [1.165, 1.54) is 42.4 Å². The van der Waals surface area contributed by atoms with Crippen molar-refractivity contribution in [3.8, 4) is 0 Å². The molecule has 3 rings (SSSR count). The summed E-state index contributed by atoms with van der Waals surface area (Å²) in [4.78, 5) is 24.7. The normalized spacial score (nSPS) is 15.1. The molecule has 0 spiro atoms. The Hall–Kier alpha value is -2.42. The van der Waals surface area contributed by atoms with E-state index in [4.69, 9.17) is 16.3 Å². The Morgan fingerprint density at radius 3 is 2.39 bits per heavy atom. The molecule has 0 bridgehead atoms. The Morgan fingerprint density at radius 1 is 1.06 bits per heavy atom. The first-order chi connectivity index (χ1) is 15.8. The minimum absolute atomic E-state index is 0.0499. The number of carbonyl (C=O) groups is 2. The topological polar surface area (TPSA) is 92.8 Å². The van der Waals surface area contributed by atoms with Crippen molar-refractivity contribution in [2.24, 2.45) is 0 Å². The van der Waals surface area contributed by atoms with Crippen LogP contribution in [0.1, 0.15) is 54.4 Å². The quantitative estimate of drug-likeness (QED) is 0.441. The molecule has 9 heteroatoms. The third kappa shape index (κ3) is 7.03. The number of esters is 1. The first-order valence-corrected chi connectivity index (χ1v) is 12.9. The summed E-state index contributed by atoms with van der Waals surface area (Å²) in [6, 6.07) is 13.1. The molecule has 0 heterocycles. The summed E-state index contributed by atoms with van der Waals surface area (Å²) >= 11 is 6.13. The van der Waals surface area contributed by atoms with Gasteiger partial charge in [-0.2, -0.15) is 4.31 Å². The summed E-state index contributed by atoms with van der Waals surface area (Å²) in [5.41, 5.74) is 0.727. The number of nitrogens with one attached hydrogen (secondary N) is 1. The van der Waals surface area contributed by atoms with Crippen molar-refractivity contribution in [1.82, 2.24) is 9.62 Å². The Balaban J connectivity index is 1.64. The predicted molar refractivity (Wildman–Crippen MR) is 126 cm³/mol. The van der Waals surface area contributed by atoms with E-state index in [0.29, 0.717) is 0 Å². The van der Waals surface area contributed by atoms with Gasteiger partial charge in [0, 0.05) is 19.6 Å². The van der Waals surface area contributed by atoms with Gasteiger partial charge in [0.15, 0.2) is 6.61 Å². The fraction of sp³-hybridized carbons (Fsp3) is 0.417. The van der Waals surface area contributed by atoms with Crippen LogP contribution in [-0.4, -0.2) is 44.3 Å². The number of rotatable bonds is 8. The average molecular weight is 493 g/mol. The summed E-state index contributed by atoms with van der Waals surface area (Å²) < 4.78 is 32.3. The van der Waals surface area contributed by atoms with Gasteiger partial charge in [-0.1, -0.05) is 67.6 Å². The van der Waals surface area contributed by atoms with E-state index in [9.17, 15) is 18.0 Å². The second kappa shape index (κ2) is 11.6. The van der Waals surface area contributed by atoms with Gasteiger partial charge in [-0.15, -0.1) is 0 Å². The second-order valence-electron chi connectivity index (χ2n) is 8.22. The summed E-state index contributed by atoms with van der Waals surface area (Å²) in [6.45, 7) is -0.274. The molecule has 0 saturated heterocycles. The van der Waals surface area contributed by atoms with Crippen LogP contribution in [0.2, 0.25) is 5.02 Å². The summed E-state index contributed by atoms with van der Waals surface area (Å²) in [5, 5.41) is 2.95. The zero-order valence-corrected chi connectivity index (χ0v) is 20.2. The molecule has 0 aliphatic heterocycles. The van der Waals surface area contributed by atoms with E-state index in [-0.39, 0.29) is 34.0 Å². The van der Waals surface area contributed by atoms with Gasteiger partial charge in [0.25, 0.3) is 5.91 Å². The van der Waals surface area contributed by atoms with Crippen molar-refractivity contribution in [3.63, 3.8) is 0 Å². The molecule has 1 aliphatic rings. The lowest BCUT2D eigenvalue weighted by atomic mass is 10.1. The van der Waals surface area contributed by atoms with Gasteiger partial charge >= 0.3 is 5.97 Å². The van der Waals surface area contributed by atoms with Crippen LogP contribution in [0.3, 0.4) is 0 Å². The number of sulfonamides is 1. The highest BCUT2D eigenvalue weighted by molar-refractivity contribution is 7.89. The highest BCUT2D eigenvalue weighted by Crippen LogP contribution is 2.24. The number of nitrogens with zero attached hydrogens (tertiary/aromatic N) is 1. The molecule has 1 aliphatic carbocycles. The van der Waals surface area contributed by atoms with Gasteiger partial charge in [-0.3, -0.25) is 4.79 Å². The maximum Gasteiger partial charge on any atom is 0.340 e. The van der Waals surface area contributed by atoms with E-state index >= 15 is 0 Å². The molecule has 1 fully saturated rings. The van der Waals surface area contributed by atoms with Gasteiger partial charge in [-0.25, -0.2) is 13.2 Å². The van der Waals surface area contributed by atoms with Gasteiger partial charge in [0.2, 0.25) is 10.0 Å². The first kappa shape index (κ1) is 25.2. The van der Waals surface area contributed by atoms with Crippen LogP contribution in [0, 0.1) is 0 Å². The number of ether oxygens (including phenoxy) is 1. The highest BCUT2D eigenvalue weighted by Gasteiger charge is 2.24. The summed E-state index contributed by atoms with van der Waals surface area (Å²) in [7, 11) is -2.41. The predicted octanol–water partition coefficient (Wildman–Crippen LogP) is 4.16. The minimum atomic E-state index is -3.88. The lowest BCUT2D eigenvalue weighted by Crippen LogP contribution is -2.37. The molecule has 0 unspecified atom stereocenters. The molecule has 1 amide bonds. The van der Waals surface area contributed by atoms with Crippen molar-refractivity contribution < 1.29 is 22.7 Å². The van der Waals surface area contributed by atoms with Crippen molar-refractivity contribution in [1.29, 1.82) is 0 Å². The smallest absolute Gasteiger partial charge is 0.340 e. The van der Waals surface area contributed by atoms with E-state index in [2.05, 4.69) is 5.32 Å². The standard InChI is InChI=1S/C24H29ClN2O5S/c1-27(16-18-9-5-4-6-10-18)33(30,31)20-13-14-22(25)21(15-20)24(29)32-17-23(28)26-19-11-7-2-3-8-12-19/h4-6,9-10,13-15,19H,2-3,7-8,11-12,16-17H2,1H3,(H,26,28). The molecule has 1 N–H and O–H groups in total. The van der Waals surface area contributed by atoms with Gasteiger partial charge in [0.05, 0.1) is 15.5 Å². The van der Waals surface area contributed by atoms with Crippen molar-refractivity contribution in [2.45, 2.75) is 56.0 Å². The molecule has 33 heavy (non-hydrogen) atoms. The number of hydrogen-bond acceptors (Lipinski definition) is 5. The van der Waals surface area contributed by atoms with Crippen LogP contribution in [0.4, 0.5) is 0 Å². The number of benzene rings is 2. The summed E-state index contributed by atoms with van der Waals surface area (Å²) in [5.74, 6) is -1.23. The van der Waals surface area contributed by atoms with Crippen LogP contribution in [0.5, 0.6) is 0 Å². The highest BCUT2D eigenvalue weighted by atomic mass is 35.5. The number of amides is 1. The van der Waals surface area contributed by atoms with E-state index in [0.717, 1.165) is 31.2 Å². The molecule has 0 radical (unpaired) electrons. The molecule has 2 aromatic carbocycles. The van der Waals surface area contributed by atoms with Crippen LogP contribution in [0.25, 0.3) is 0 Å². The molecular weight excluding hydrogens is 464 g/mol. The fourth-order valence-electron chi connectivity index (χ4n) is 3.83. The minimum Gasteiger partial charge on any atom is -0.452 e. The van der Waals surface area contributed by atoms with Crippen LogP contribution >= 0.6 is 11.6 Å². The average Bonchev–Trinajstić information content (AvgIpc) is 3.07. The van der Waals surface area contributed by atoms with E-state index in [1.807, 2.05) is 30.3 Å². The molecule has 7 nitrogen and oxygen atoms in total. The van der Waals surface area contributed by atoms with E-state index in [1.54, 1.807) is 0 Å². The maximum absolute atomic E-state index is 13.0. The lowest BCUT2D eigenvalue weighted by Gasteiger charge is -2.18. The van der Waals surface area contributed by atoms with Gasteiger partial charge in [0.1, 0.15) is 0 Å². The fourth-order valence-corrected chi connectivity index (χ4v) is 5.21. The monoisotopic (exact) mass is 492 g/mol. The third-order valence-corrected chi connectivity index (χ3v) is 7.80.